The number of rotatable bonds is 5. The Morgan fingerprint density at radius 1 is 1.35 bits per heavy atom. The zero-order chi connectivity index (χ0) is 14.5. The number of nitrogens with zero attached hydrogens (tertiary/aromatic N) is 4. The summed E-state index contributed by atoms with van der Waals surface area (Å²) in [5.74, 6) is 1.22. The van der Waals surface area contributed by atoms with E-state index in [-0.39, 0.29) is 0 Å². The normalized spacial score (nSPS) is 10.5. The van der Waals surface area contributed by atoms with Crippen molar-refractivity contribution in [1.82, 2.24) is 24.7 Å². The van der Waals surface area contributed by atoms with Gasteiger partial charge in [0.05, 0.1) is 18.1 Å². The van der Waals surface area contributed by atoms with Gasteiger partial charge in [-0.3, -0.25) is 24.4 Å². The standard InChI is InChI=1S/C11H14N6O2S/c1-3-12-8-5-13-7(4-14-8)6-20-11-15-9(18)10(19)16-17(11)2/h4-5H,3,6H2,1-2H3,(H,12,14)(H,16,19). The molecule has 2 heterocycles. The van der Waals surface area contributed by atoms with Gasteiger partial charge in [-0.1, -0.05) is 11.8 Å². The summed E-state index contributed by atoms with van der Waals surface area (Å²) >= 11 is 1.30. The molecular weight excluding hydrogens is 280 g/mol. The van der Waals surface area contributed by atoms with Gasteiger partial charge in [0.1, 0.15) is 5.82 Å². The lowest BCUT2D eigenvalue weighted by Crippen LogP contribution is -2.33. The Morgan fingerprint density at radius 3 is 2.80 bits per heavy atom. The fraction of sp³-hybridized carbons (Fsp3) is 0.364. The van der Waals surface area contributed by atoms with Crippen molar-refractivity contribution in [3.8, 4) is 0 Å². The third-order valence-corrected chi connectivity index (χ3v) is 3.42. The zero-order valence-corrected chi connectivity index (χ0v) is 11.9. The van der Waals surface area contributed by atoms with Crippen LogP contribution in [0.3, 0.4) is 0 Å². The van der Waals surface area contributed by atoms with E-state index in [1.165, 1.54) is 16.4 Å². The van der Waals surface area contributed by atoms with E-state index in [1.807, 2.05) is 6.92 Å². The maximum atomic E-state index is 11.2. The lowest BCUT2D eigenvalue weighted by atomic mass is 10.5. The van der Waals surface area contributed by atoms with Crippen molar-refractivity contribution in [3.05, 3.63) is 38.8 Å². The first kappa shape index (κ1) is 14.3. The van der Waals surface area contributed by atoms with Gasteiger partial charge in [-0.2, -0.15) is 4.98 Å². The summed E-state index contributed by atoms with van der Waals surface area (Å²) in [4.78, 5) is 34.4. The van der Waals surface area contributed by atoms with Gasteiger partial charge < -0.3 is 5.32 Å². The first-order valence-electron chi connectivity index (χ1n) is 5.95. The van der Waals surface area contributed by atoms with Crippen LogP contribution in [-0.4, -0.2) is 31.3 Å². The molecule has 2 N–H and O–H groups in total. The topological polar surface area (TPSA) is 106 Å². The van der Waals surface area contributed by atoms with Gasteiger partial charge in [-0.25, -0.2) is 4.98 Å². The third-order valence-electron chi connectivity index (χ3n) is 2.36. The highest BCUT2D eigenvalue weighted by molar-refractivity contribution is 7.98. The van der Waals surface area contributed by atoms with Crippen molar-refractivity contribution in [3.63, 3.8) is 0 Å². The van der Waals surface area contributed by atoms with Gasteiger partial charge in [0.15, 0.2) is 5.16 Å². The molecule has 0 radical (unpaired) electrons. The van der Waals surface area contributed by atoms with Crippen LogP contribution in [0.2, 0.25) is 0 Å². The Labute approximate surface area is 118 Å². The number of thioether (sulfide) groups is 1. The SMILES string of the molecule is CCNc1cnc(CSc2nc(=O)c(=O)[nH]n2C)cn1. The number of aryl methyl sites for hydroxylation is 1. The maximum Gasteiger partial charge on any atom is 0.339 e. The quantitative estimate of drug-likeness (QED) is 0.590. The van der Waals surface area contributed by atoms with E-state index in [1.54, 1.807) is 19.4 Å². The lowest BCUT2D eigenvalue weighted by Gasteiger charge is -2.06. The van der Waals surface area contributed by atoms with Gasteiger partial charge in [0.25, 0.3) is 0 Å². The average molecular weight is 294 g/mol. The molecule has 0 aliphatic carbocycles. The van der Waals surface area contributed by atoms with Gasteiger partial charge in [0, 0.05) is 19.3 Å². The summed E-state index contributed by atoms with van der Waals surface area (Å²) in [6.07, 6.45) is 3.31. The van der Waals surface area contributed by atoms with E-state index in [0.717, 1.165) is 18.1 Å². The fourth-order valence-electron chi connectivity index (χ4n) is 1.43. The molecule has 0 spiro atoms. The Bertz CT molecular complexity index is 693. The van der Waals surface area contributed by atoms with Crippen LogP contribution in [0.15, 0.2) is 27.1 Å². The number of anilines is 1. The molecule has 2 aromatic rings. The van der Waals surface area contributed by atoms with Crippen LogP contribution in [-0.2, 0) is 12.8 Å². The molecular formula is C11H14N6O2S. The number of hydrogen-bond acceptors (Lipinski definition) is 7. The van der Waals surface area contributed by atoms with Crippen LogP contribution < -0.4 is 16.4 Å². The predicted molar refractivity (Wildman–Crippen MR) is 75.9 cm³/mol. The van der Waals surface area contributed by atoms with Crippen molar-refractivity contribution in [2.24, 2.45) is 7.05 Å². The van der Waals surface area contributed by atoms with Crippen LogP contribution in [0.1, 0.15) is 12.6 Å². The predicted octanol–water partition coefficient (Wildman–Crippen LogP) is -0.0173. The molecule has 9 heteroatoms. The molecule has 0 atom stereocenters. The van der Waals surface area contributed by atoms with Crippen LogP contribution in [0.5, 0.6) is 0 Å². The third kappa shape index (κ3) is 3.44. The first-order valence-corrected chi connectivity index (χ1v) is 6.93. The summed E-state index contributed by atoms with van der Waals surface area (Å²) in [7, 11) is 1.62. The van der Waals surface area contributed by atoms with Gasteiger partial charge in [-0.15, -0.1) is 0 Å². The Morgan fingerprint density at radius 2 is 2.15 bits per heavy atom. The largest absolute Gasteiger partial charge is 0.369 e. The van der Waals surface area contributed by atoms with Gasteiger partial charge >= 0.3 is 11.1 Å². The summed E-state index contributed by atoms with van der Waals surface area (Å²) in [6, 6.07) is 0. The second-order valence-electron chi connectivity index (χ2n) is 3.91. The molecule has 0 fully saturated rings. The molecule has 0 aromatic carbocycles. The number of aromatic amines is 1. The lowest BCUT2D eigenvalue weighted by molar-refractivity contribution is 0.596. The molecule has 106 valence electrons. The van der Waals surface area contributed by atoms with Gasteiger partial charge in [0.2, 0.25) is 0 Å². The summed E-state index contributed by atoms with van der Waals surface area (Å²) < 4.78 is 1.41. The molecule has 2 rings (SSSR count). The highest BCUT2D eigenvalue weighted by atomic mass is 32.2. The van der Waals surface area contributed by atoms with E-state index in [2.05, 4.69) is 25.4 Å². The number of aromatic nitrogens is 5. The monoisotopic (exact) mass is 294 g/mol. The second-order valence-corrected chi connectivity index (χ2v) is 4.85. The molecule has 20 heavy (non-hydrogen) atoms. The minimum atomic E-state index is -0.792. The van der Waals surface area contributed by atoms with E-state index in [9.17, 15) is 9.59 Å². The van der Waals surface area contributed by atoms with Crippen LogP contribution in [0, 0.1) is 0 Å². The van der Waals surface area contributed by atoms with Crippen molar-refractivity contribution >= 4 is 17.6 Å². The van der Waals surface area contributed by atoms with Gasteiger partial charge in [-0.05, 0) is 6.92 Å². The molecule has 0 saturated heterocycles. The van der Waals surface area contributed by atoms with Crippen molar-refractivity contribution in [2.45, 2.75) is 17.8 Å². The zero-order valence-electron chi connectivity index (χ0n) is 11.1. The summed E-state index contributed by atoms with van der Waals surface area (Å²) in [5, 5.41) is 5.87. The molecule has 2 aromatic heterocycles. The van der Waals surface area contributed by atoms with E-state index >= 15 is 0 Å². The van der Waals surface area contributed by atoms with Crippen LogP contribution in [0.25, 0.3) is 0 Å². The smallest absolute Gasteiger partial charge is 0.339 e. The van der Waals surface area contributed by atoms with Crippen LogP contribution in [0.4, 0.5) is 5.82 Å². The summed E-state index contributed by atoms with van der Waals surface area (Å²) in [5.41, 5.74) is -0.761. The second kappa shape index (κ2) is 6.33. The van der Waals surface area contributed by atoms with E-state index in [0.29, 0.717) is 10.9 Å². The molecule has 0 unspecified atom stereocenters. The van der Waals surface area contributed by atoms with Crippen molar-refractivity contribution in [1.29, 1.82) is 0 Å². The summed E-state index contributed by atoms with van der Waals surface area (Å²) in [6.45, 7) is 2.76. The molecule has 0 saturated carbocycles. The molecule has 8 nitrogen and oxygen atoms in total. The molecule has 0 amide bonds. The average Bonchev–Trinajstić information content (AvgIpc) is 2.43. The Hall–Kier alpha value is -2.16. The van der Waals surface area contributed by atoms with E-state index < -0.39 is 11.1 Å². The molecule has 0 bridgehead atoms. The van der Waals surface area contributed by atoms with Crippen molar-refractivity contribution < 1.29 is 0 Å². The molecule has 0 aliphatic heterocycles. The Balaban J connectivity index is 2.07. The van der Waals surface area contributed by atoms with Crippen molar-refractivity contribution in [2.75, 3.05) is 11.9 Å². The Kier molecular flexibility index (Phi) is 4.51. The van der Waals surface area contributed by atoms with E-state index in [4.69, 9.17) is 0 Å². The van der Waals surface area contributed by atoms with Crippen LogP contribution >= 0.6 is 11.8 Å². The minimum absolute atomic E-state index is 0.423. The fourth-order valence-corrected chi connectivity index (χ4v) is 2.24. The number of hydrogen-bond donors (Lipinski definition) is 2. The maximum absolute atomic E-state index is 11.2. The first-order chi connectivity index (χ1) is 9.60. The highest BCUT2D eigenvalue weighted by Crippen LogP contribution is 2.17. The minimum Gasteiger partial charge on any atom is -0.369 e. The number of nitrogens with one attached hydrogen (secondary N) is 2. The number of H-pyrrole nitrogens is 1. The highest BCUT2D eigenvalue weighted by Gasteiger charge is 2.06. The molecule has 0 aliphatic rings.